The number of ether oxygens (including phenoxy) is 1. The predicted octanol–water partition coefficient (Wildman–Crippen LogP) is 0.187. The number of carbonyl (C=O) groups is 3. The minimum atomic E-state index is -5.01. The molecule has 1 amide bonds. The fourth-order valence-electron chi connectivity index (χ4n) is 0.711. The zero-order valence-corrected chi connectivity index (χ0v) is 8.39. The van der Waals surface area contributed by atoms with Gasteiger partial charge in [-0.15, -0.1) is 0 Å². The molecule has 0 saturated carbocycles. The van der Waals surface area contributed by atoms with Gasteiger partial charge in [-0.2, -0.15) is 13.2 Å². The second-order valence-electron chi connectivity index (χ2n) is 2.80. The molecule has 92 valence electrons. The van der Waals surface area contributed by atoms with Crippen LogP contribution in [0.5, 0.6) is 0 Å². The number of nitrogens with one attached hydrogen (secondary N) is 1. The lowest BCUT2D eigenvalue weighted by atomic mass is 10.2. The highest BCUT2D eigenvalue weighted by Crippen LogP contribution is 2.13. The first-order valence-corrected chi connectivity index (χ1v) is 4.21. The van der Waals surface area contributed by atoms with Gasteiger partial charge in [-0.1, -0.05) is 0 Å². The lowest BCUT2D eigenvalue weighted by molar-refractivity contribution is -0.173. The molecule has 0 heterocycles. The molecule has 0 aliphatic heterocycles. The smallest absolute Gasteiger partial charge is 0.469 e. The highest BCUT2D eigenvalue weighted by molar-refractivity contribution is 5.89. The monoisotopic (exact) mass is 241 g/mol. The molecule has 0 fully saturated rings. The lowest BCUT2D eigenvalue weighted by Crippen LogP contribution is -2.39. The Morgan fingerprint density at radius 1 is 1.19 bits per heavy atom. The van der Waals surface area contributed by atoms with Crippen LogP contribution in [0.1, 0.15) is 12.8 Å². The van der Waals surface area contributed by atoms with Crippen molar-refractivity contribution in [3.63, 3.8) is 0 Å². The third kappa shape index (κ3) is 5.99. The van der Waals surface area contributed by atoms with E-state index in [9.17, 15) is 27.6 Å². The Bertz CT molecular complexity index is 287. The van der Waals surface area contributed by atoms with Crippen molar-refractivity contribution in [1.82, 2.24) is 5.32 Å². The second kappa shape index (κ2) is 6.09. The summed E-state index contributed by atoms with van der Waals surface area (Å²) in [5.41, 5.74) is 0. The molecule has 5 nitrogen and oxygen atoms in total. The molecule has 0 rings (SSSR count). The van der Waals surface area contributed by atoms with Crippen molar-refractivity contribution < 1.29 is 32.3 Å². The van der Waals surface area contributed by atoms with Crippen LogP contribution >= 0.6 is 0 Å². The minimum Gasteiger partial charge on any atom is -0.469 e. The lowest BCUT2D eigenvalue weighted by Gasteiger charge is -2.06. The minimum absolute atomic E-state index is 0.225. The van der Waals surface area contributed by atoms with E-state index < -0.39 is 30.4 Å². The first kappa shape index (κ1) is 14.4. The van der Waals surface area contributed by atoms with Crippen LogP contribution in [0.15, 0.2) is 0 Å². The largest absolute Gasteiger partial charge is 0.471 e. The van der Waals surface area contributed by atoms with E-state index in [-0.39, 0.29) is 12.8 Å². The van der Waals surface area contributed by atoms with Gasteiger partial charge >= 0.3 is 18.1 Å². The van der Waals surface area contributed by atoms with Crippen LogP contribution in [-0.4, -0.2) is 37.5 Å². The Hall–Kier alpha value is -1.60. The maximum atomic E-state index is 11.7. The summed E-state index contributed by atoms with van der Waals surface area (Å²) in [6.07, 6.45) is -5.51. The molecule has 0 aromatic carbocycles. The number of hydrogen-bond donors (Lipinski definition) is 1. The van der Waals surface area contributed by atoms with Crippen LogP contribution in [0.25, 0.3) is 0 Å². The Kier molecular flexibility index (Phi) is 5.48. The fraction of sp³-hybridized carbons (Fsp3) is 0.625. The van der Waals surface area contributed by atoms with E-state index in [4.69, 9.17) is 0 Å². The maximum absolute atomic E-state index is 11.7. The van der Waals surface area contributed by atoms with Gasteiger partial charge < -0.3 is 10.1 Å². The number of esters is 1. The van der Waals surface area contributed by atoms with Crippen molar-refractivity contribution in [2.45, 2.75) is 19.0 Å². The number of ketones is 1. The van der Waals surface area contributed by atoms with Crippen LogP contribution < -0.4 is 5.32 Å². The molecule has 1 N–H and O–H groups in total. The van der Waals surface area contributed by atoms with E-state index >= 15 is 0 Å². The van der Waals surface area contributed by atoms with Gasteiger partial charge in [0.15, 0.2) is 5.78 Å². The molecule has 16 heavy (non-hydrogen) atoms. The predicted molar refractivity (Wildman–Crippen MR) is 45.3 cm³/mol. The number of amides is 1. The van der Waals surface area contributed by atoms with Crippen molar-refractivity contribution in [2.75, 3.05) is 13.7 Å². The molecule has 0 unspecified atom stereocenters. The molecule has 0 aliphatic rings. The Balaban J connectivity index is 3.83. The van der Waals surface area contributed by atoms with E-state index in [0.29, 0.717) is 0 Å². The van der Waals surface area contributed by atoms with Gasteiger partial charge in [0.05, 0.1) is 20.1 Å². The van der Waals surface area contributed by atoms with Crippen molar-refractivity contribution in [1.29, 1.82) is 0 Å². The van der Waals surface area contributed by atoms with E-state index in [1.165, 1.54) is 5.32 Å². The van der Waals surface area contributed by atoms with E-state index in [1.54, 1.807) is 0 Å². The van der Waals surface area contributed by atoms with Crippen LogP contribution in [0.2, 0.25) is 0 Å². The SMILES string of the molecule is COC(=O)CCC(=O)CNC(=O)C(F)(F)F. The molecule has 0 atom stereocenters. The van der Waals surface area contributed by atoms with Gasteiger partial charge in [0, 0.05) is 6.42 Å². The fourth-order valence-corrected chi connectivity index (χ4v) is 0.711. The van der Waals surface area contributed by atoms with Gasteiger partial charge in [0.25, 0.3) is 0 Å². The van der Waals surface area contributed by atoms with Gasteiger partial charge in [-0.25, -0.2) is 0 Å². The Morgan fingerprint density at radius 2 is 1.75 bits per heavy atom. The number of alkyl halides is 3. The van der Waals surface area contributed by atoms with Crippen molar-refractivity contribution in [2.24, 2.45) is 0 Å². The number of hydrogen-bond acceptors (Lipinski definition) is 4. The molecular weight excluding hydrogens is 231 g/mol. The first-order valence-electron chi connectivity index (χ1n) is 4.21. The van der Waals surface area contributed by atoms with Crippen LogP contribution in [0.3, 0.4) is 0 Å². The summed E-state index contributed by atoms with van der Waals surface area (Å²) in [7, 11) is 1.12. The third-order valence-electron chi connectivity index (χ3n) is 1.54. The molecule has 0 aliphatic carbocycles. The van der Waals surface area contributed by atoms with E-state index in [1.807, 2.05) is 0 Å². The van der Waals surface area contributed by atoms with Crippen LogP contribution in [-0.2, 0) is 19.1 Å². The summed E-state index contributed by atoms with van der Waals surface area (Å²) < 4.78 is 39.2. The maximum Gasteiger partial charge on any atom is 0.471 e. The second-order valence-corrected chi connectivity index (χ2v) is 2.80. The number of Topliss-reactive ketones (excluding diaryl/α,β-unsaturated/α-hetero) is 1. The average Bonchev–Trinajstić information content (AvgIpc) is 2.20. The molecule has 8 heteroatoms. The van der Waals surface area contributed by atoms with Gasteiger partial charge in [-0.05, 0) is 0 Å². The van der Waals surface area contributed by atoms with Crippen molar-refractivity contribution in [3.05, 3.63) is 0 Å². The zero-order valence-electron chi connectivity index (χ0n) is 8.39. The normalized spacial score (nSPS) is 10.8. The molecule has 0 radical (unpaired) electrons. The summed E-state index contributed by atoms with van der Waals surface area (Å²) in [6.45, 7) is -0.755. The summed E-state index contributed by atoms with van der Waals surface area (Å²) in [6, 6.07) is 0. The highest BCUT2D eigenvalue weighted by atomic mass is 19.4. The molecule has 0 bridgehead atoms. The molecule has 0 spiro atoms. The summed E-state index contributed by atoms with van der Waals surface area (Å²) in [4.78, 5) is 31.8. The van der Waals surface area contributed by atoms with Crippen LogP contribution in [0.4, 0.5) is 13.2 Å². The number of methoxy groups -OCH3 is 1. The number of halogens is 3. The van der Waals surface area contributed by atoms with E-state index in [2.05, 4.69) is 4.74 Å². The molecule has 0 aromatic rings. The molecule has 0 aromatic heterocycles. The summed E-state index contributed by atoms with van der Waals surface area (Å²) in [5, 5.41) is 1.40. The molecule has 0 saturated heterocycles. The van der Waals surface area contributed by atoms with Crippen molar-refractivity contribution in [3.8, 4) is 0 Å². The van der Waals surface area contributed by atoms with Gasteiger partial charge in [0.2, 0.25) is 0 Å². The summed E-state index contributed by atoms with van der Waals surface area (Å²) >= 11 is 0. The number of carbonyl (C=O) groups excluding carboxylic acids is 3. The van der Waals surface area contributed by atoms with Crippen LogP contribution in [0, 0.1) is 0 Å². The topological polar surface area (TPSA) is 72.5 Å². The molecular formula is C8H10F3NO4. The van der Waals surface area contributed by atoms with Gasteiger partial charge in [-0.3, -0.25) is 14.4 Å². The quantitative estimate of drug-likeness (QED) is 0.697. The average molecular weight is 241 g/mol. The first-order chi connectivity index (χ1) is 7.27. The highest BCUT2D eigenvalue weighted by Gasteiger charge is 2.38. The number of rotatable bonds is 5. The zero-order chi connectivity index (χ0) is 12.8. The summed E-state index contributed by atoms with van der Waals surface area (Å²) in [5.74, 6) is -3.50. The van der Waals surface area contributed by atoms with Crippen molar-refractivity contribution >= 4 is 17.7 Å². The van der Waals surface area contributed by atoms with Gasteiger partial charge in [0.1, 0.15) is 0 Å². The Morgan fingerprint density at radius 3 is 2.19 bits per heavy atom. The Labute approximate surface area is 88.9 Å². The standard InChI is InChI=1S/C8H10F3NO4/c1-16-6(14)3-2-5(13)4-12-7(15)8(9,10)11/h2-4H2,1H3,(H,12,15). The van der Waals surface area contributed by atoms with E-state index in [0.717, 1.165) is 7.11 Å². The third-order valence-corrected chi connectivity index (χ3v) is 1.54.